The van der Waals surface area contributed by atoms with Crippen molar-refractivity contribution in [2.45, 2.75) is 19.8 Å². The van der Waals surface area contributed by atoms with Gasteiger partial charge in [0.2, 0.25) is 0 Å². The number of hydrogen-bond acceptors (Lipinski definition) is 6. The Hall–Kier alpha value is -4.12. The second-order valence-corrected chi connectivity index (χ2v) is 6.92. The topological polar surface area (TPSA) is 134 Å². The molecule has 0 aliphatic heterocycles. The highest BCUT2D eigenvalue weighted by Gasteiger charge is 2.15. The molecule has 4 N–H and O–H groups in total. The zero-order chi connectivity index (χ0) is 21.1. The monoisotopic (exact) mass is 400 g/mol. The lowest BCUT2D eigenvalue weighted by atomic mass is 10.1. The van der Waals surface area contributed by atoms with Crippen molar-refractivity contribution >= 4 is 22.6 Å². The molecule has 0 spiro atoms. The number of benzene rings is 1. The summed E-state index contributed by atoms with van der Waals surface area (Å²) in [4.78, 5) is 17.6. The summed E-state index contributed by atoms with van der Waals surface area (Å²) in [6.07, 6.45) is 1.19. The molecule has 8 nitrogen and oxygen atoms in total. The van der Waals surface area contributed by atoms with Crippen molar-refractivity contribution in [1.82, 2.24) is 20.5 Å². The number of furan rings is 1. The van der Waals surface area contributed by atoms with E-state index in [1.165, 1.54) is 0 Å². The van der Waals surface area contributed by atoms with Gasteiger partial charge in [-0.05, 0) is 44.0 Å². The van der Waals surface area contributed by atoms with E-state index in [1.54, 1.807) is 6.07 Å². The van der Waals surface area contributed by atoms with E-state index in [4.69, 9.17) is 15.4 Å². The Labute approximate surface area is 172 Å². The second-order valence-electron chi connectivity index (χ2n) is 6.92. The van der Waals surface area contributed by atoms with Crippen molar-refractivity contribution in [3.05, 3.63) is 65.0 Å². The Balaban J connectivity index is 1.51. The number of nitrogen functional groups attached to an aromatic ring is 1. The Morgan fingerprint density at radius 2 is 2.13 bits per heavy atom. The maximum Gasteiger partial charge on any atom is 0.252 e. The van der Waals surface area contributed by atoms with E-state index < -0.39 is 0 Å². The minimum Gasteiger partial charge on any atom is -0.460 e. The minimum absolute atomic E-state index is 0.192. The first-order chi connectivity index (χ1) is 14.6. The fourth-order valence-electron chi connectivity index (χ4n) is 3.32. The van der Waals surface area contributed by atoms with Crippen LogP contribution >= 0.6 is 0 Å². The molecule has 4 rings (SSSR count). The fraction of sp³-hybridized carbons (Fsp3) is 0.182. The molecule has 150 valence electrons. The summed E-state index contributed by atoms with van der Waals surface area (Å²) >= 11 is 0. The van der Waals surface area contributed by atoms with Crippen molar-refractivity contribution in [3.8, 4) is 17.5 Å². The molecule has 0 radical (unpaired) electrons. The van der Waals surface area contributed by atoms with Crippen LogP contribution < -0.4 is 11.1 Å². The molecule has 3 aromatic heterocycles. The molecule has 1 aromatic carbocycles. The summed E-state index contributed by atoms with van der Waals surface area (Å²) < 4.78 is 5.68. The molecular weight excluding hydrogens is 380 g/mol. The number of H-pyrrole nitrogens is 1. The lowest BCUT2D eigenvalue weighted by molar-refractivity contribution is 0.0955. The quantitative estimate of drug-likeness (QED) is 0.425. The van der Waals surface area contributed by atoms with Gasteiger partial charge in [0.1, 0.15) is 23.1 Å². The molecule has 4 aromatic rings. The van der Waals surface area contributed by atoms with Crippen molar-refractivity contribution in [2.24, 2.45) is 0 Å². The summed E-state index contributed by atoms with van der Waals surface area (Å²) in [5.41, 5.74) is 8.55. The number of nitriles is 1. The van der Waals surface area contributed by atoms with E-state index in [0.29, 0.717) is 47.7 Å². The average Bonchev–Trinajstić information content (AvgIpc) is 3.35. The average molecular weight is 400 g/mol. The van der Waals surface area contributed by atoms with Crippen molar-refractivity contribution in [1.29, 1.82) is 5.26 Å². The van der Waals surface area contributed by atoms with Crippen LogP contribution in [-0.4, -0.2) is 27.6 Å². The summed E-state index contributed by atoms with van der Waals surface area (Å²) in [5, 5.41) is 19.5. The molecule has 8 heteroatoms. The molecule has 0 atom stereocenters. The fourth-order valence-corrected chi connectivity index (χ4v) is 3.32. The van der Waals surface area contributed by atoms with Gasteiger partial charge in [0, 0.05) is 11.9 Å². The van der Waals surface area contributed by atoms with Gasteiger partial charge in [-0.15, -0.1) is 0 Å². The largest absolute Gasteiger partial charge is 0.460 e. The van der Waals surface area contributed by atoms with Crippen LogP contribution in [0, 0.1) is 18.3 Å². The van der Waals surface area contributed by atoms with Gasteiger partial charge in [0.05, 0.1) is 16.8 Å². The van der Waals surface area contributed by atoms with Crippen LogP contribution in [0.25, 0.3) is 22.4 Å². The van der Waals surface area contributed by atoms with E-state index in [-0.39, 0.29) is 11.7 Å². The van der Waals surface area contributed by atoms with Gasteiger partial charge in [-0.1, -0.05) is 18.2 Å². The third kappa shape index (κ3) is 3.73. The maximum absolute atomic E-state index is 12.9. The van der Waals surface area contributed by atoms with Gasteiger partial charge in [0.25, 0.3) is 5.91 Å². The number of nitrogens with one attached hydrogen (secondary N) is 2. The zero-order valence-corrected chi connectivity index (χ0v) is 16.4. The van der Waals surface area contributed by atoms with Crippen LogP contribution in [0.5, 0.6) is 0 Å². The Kier molecular flexibility index (Phi) is 5.18. The first kappa shape index (κ1) is 19.2. The Bertz CT molecular complexity index is 1260. The number of anilines is 1. The van der Waals surface area contributed by atoms with E-state index in [1.807, 2.05) is 49.4 Å². The molecule has 0 fully saturated rings. The van der Waals surface area contributed by atoms with Gasteiger partial charge in [0.15, 0.2) is 11.6 Å². The Morgan fingerprint density at radius 1 is 1.30 bits per heavy atom. The molecule has 0 unspecified atom stereocenters. The number of para-hydroxylation sites is 1. The number of pyridine rings is 1. The van der Waals surface area contributed by atoms with Crippen molar-refractivity contribution < 1.29 is 9.21 Å². The van der Waals surface area contributed by atoms with Gasteiger partial charge < -0.3 is 15.5 Å². The van der Waals surface area contributed by atoms with Crippen LogP contribution in [0.1, 0.15) is 33.8 Å². The number of rotatable bonds is 6. The van der Waals surface area contributed by atoms with Crippen LogP contribution in [0.15, 0.2) is 46.9 Å². The van der Waals surface area contributed by atoms with Crippen LogP contribution in [-0.2, 0) is 6.42 Å². The highest BCUT2D eigenvalue weighted by atomic mass is 16.3. The summed E-state index contributed by atoms with van der Waals surface area (Å²) in [7, 11) is 0. The molecular formula is C22H20N6O2. The van der Waals surface area contributed by atoms with Crippen molar-refractivity contribution in [2.75, 3.05) is 12.3 Å². The molecule has 3 heterocycles. The Morgan fingerprint density at radius 3 is 2.90 bits per heavy atom. The van der Waals surface area contributed by atoms with E-state index in [2.05, 4.69) is 20.5 Å². The number of aryl methyl sites for hydroxylation is 2. The number of carbonyl (C=O) groups excluding carboxylic acids is 1. The predicted octanol–water partition coefficient (Wildman–Crippen LogP) is 3.34. The first-order valence-electron chi connectivity index (χ1n) is 9.54. The number of nitrogens with two attached hydrogens (primary N) is 1. The van der Waals surface area contributed by atoms with Crippen LogP contribution in [0.4, 0.5) is 5.82 Å². The van der Waals surface area contributed by atoms with E-state index >= 15 is 0 Å². The zero-order valence-electron chi connectivity index (χ0n) is 16.4. The second kappa shape index (κ2) is 8.09. The number of carbonyl (C=O) groups is 1. The number of hydrogen-bond donors (Lipinski definition) is 3. The molecule has 0 aliphatic carbocycles. The number of aromatic amines is 1. The van der Waals surface area contributed by atoms with E-state index in [9.17, 15) is 4.79 Å². The molecule has 0 bridgehead atoms. The number of fused-ring (bicyclic) bond motifs is 1. The lowest BCUT2D eigenvalue weighted by Crippen LogP contribution is -2.25. The normalized spacial score (nSPS) is 10.8. The number of nitrogens with zero attached hydrogens (tertiary/aromatic N) is 3. The third-order valence-electron chi connectivity index (χ3n) is 4.82. The maximum atomic E-state index is 12.9. The molecule has 0 saturated heterocycles. The summed E-state index contributed by atoms with van der Waals surface area (Å²) in [5.74, 6) is 1.40. The van der Waals surface area contributed by atoms with Gasteiger partial charge >= 0.3 is 0 Å². The van der Waals surface area contributed by atoms with Gasteiger partial charge in [-0.2, -0.15) is 10.4 Å². The molecule has 1 amide bonds. The van der Waals surface area contributed by atoms with Gasteiger partial charge in [-0.3, -0.25) is 9.89 Å². The predicted molar refractivity (Wildman–Crippen MR) is 113 cm³/mol. The lowest BCUT2D eigenvalue weighted by Gasteiger charge is -2.10. The standard InChI is InChI=1S/C22H20N6O2/c1-13-8-9-20(30-13)19-11-15(14-5-2-3-6-17(14)26-19)22(29)25-10-4-7-18-16(12-23)21(24)28-27-18/h2-3,5-6,8-9,11H,4,7,10H2,1H3,(H,25,29)(H3,24,27,28). The summed E-state index contributed by atoms with van der Waals surface area (Å²) in [6, 6.07) is 15.0. The van der Waals surface area contributed by atoms with Crippen molar-refractivity contribution in [3.63, 3.8) is 0 Å². The first-order valence-corrected chi connectivity index (χ1v) is 9.54. The smallest absolute Gasteiger partial charge is 0.252 e. The molecule has 30 heavy (non-hydrogen) atoms. The number of amides is 1. The van der Waals surface area contributed by atoms with Gasteiger partial charge in [-0.25, -0.2) is 4.98 Å². The van der Waals surface area contributed by atoms with E-state index in [0.717, 1.165) is 16.7 Å². The highest BCUT2D eigenvalue weighted by Crippen LogP contribution is 2.26. The summed E-state index contributed by atoms with van der Waals surface area (Å²) in [6.45, 7) is 2.30. The van der Waals surface area contributed by atoms with Crippen LogP contribution in [0.2, 0.25) is 0 Å². The third-order valence-corrected chi connectivity index (χ3v) is 4.82. The molecule has 0 aliphatic rings. The van der Waals surface area contributed by atoms with Crippen LogP contribution in [0.3, 0.4) is 0 Å². The minimum atomic E-state index is -0.192. The highest BCUT2D eigenvalue weighted by molar-refractivity contribution is 6.07. The number of aromatic nitrogens is 3. The molecule has 0 saturated carbocycles. The SMILES string of the molecule is Cc1ccc(-c2cc(C(=O)NCCCc3[nH]nc(N)c3C#N)c3ccccc3n2)o1.